The summed E-state index contributed by atoms with van der Waals surface area (Å²) in [5.74, 6) is -3.00. The molecule has 0 fully saturated rings. The molecule has 0 radical (unpaired) electrons. The Morgan fingerprint density at radius 1 is 1.00 bits per heavy atom. The number of guanidine groups is 1. The van der Waals surface area contributed by atoms with E-state index in [4.69, 9.17) is 17.2 Å². The Labute approximate surface area is 185 Å². The Morgan fingerprint density at radius 2 is 1.62 bits per heavy atom. The van der Waals surface area contributed by atoms with Gasteiger partial charge in [0, 0.05) is 12.1 Å². The molecule has 8 N–H and O–H groups in total. The minimum atomic E-state index is -1.45. The fraction of sp³-hybridized carbons (Fsp3) is 0.273. The molecule has 170 valence electrons. The number of phenols is 1. The first kappa shape index (κ1) is 24.4. The number of hydrogen-bond donors (Lipinski definition) is 5. The molecular formula is C22H27N5O5. The molecule has 0 bridgehead atoms. The molecule has 32 heavy (non-hydrogen) atoms. The highest BCUT2D eigenvalue weighted by Crippen LogP contribution is 2.17. The van der Waals surface area contributed by atoms with Crippen LogP contribution in [0.25, 0.3) is 0 Å². The van der Waals surface area contributed by atoms with Gasteiger partial charge in [0.1, 0.15) is 11.8 Å². The molecule has 2 aromatic carbocycles. The molecule has 0 heterocycles. The van der Waals surface area contributed by atoms with Gasteiger partial charge in [-0.3, -0.25) is 19.5 Å². The molecule has 0 spiro atoms. The molecule has 0 aliphatic carbocycles. The number of rotatable bonds is 10. The summed E-state index contributed by atoms with van der Waals surface area (Å²) in [4.78, 5) is 42.9. The van der Waals surface area contributed by atoms with E-state index in [0.717, 1.165) is 0 Å². The van der Waals surface area contributed by atoms with Crippen molar-refractivity contribution in [1.82, 2.24) is 4.90 Å². The summed E-state index contributed by atoms with van der Waals surface area (Å²) in [6, 6.07) is 11.4. The van der Waals surface area contributed by atoms with Crippen molar-refractivity contribution in [3.63, 3.8) is 0 Å². The van der Waals surface area contributed by atoms with Crippen molar-refractivity contribution in [2.75, 3.05) is 6.54 Å². The van der Waals surface area contributed by atoms with E-state index in [2.05, 4.69) is 4.99 Å². The summed E-state index contributed by atoms with van der Waals surface area (Å²) in [5, 5.41) is 19.2. The molecule has 0 saturated heterocycles. The summed E-state index contributed by atoms with van der Waals surface area (Å²) in [6.07, 6.45) is 0.230. The summed E-state index contributed by atoms with van der Waals surface area (Å²) >= 11 is 0. The van der Waals surface area contributed by atoms with Gasteiger partial charge in [-0.25, -0.2) is 4.79 Å². The predicted molar refractivity (Wildman–Crippen MR) is 119 cm³/mol. The number of aliphatic imine (C=N–C) groups is 1. The first-order valence-corrected chi connectivity index (χ1v) is 9.94. The quantitative estimate of drug-likeness (QED) is 0.200. The summed E-state index contributed by atoms with van der Waals surface area (Å²) < 4.78 is 0. The van der Waals surface area contributed by atoms with Gasteiger partial charge >= 0.3 is 5.97 Å². The first-order chi connectivity index (χ1) is 15.2. The van der Waals surface area contributed by atoms with Crippen LogP contribution in [0, 0.1) is 0 Å². The predicted octanol–water partition coefficient (Wildman–Crippen LogP) is 0.438. The lowest BCUT2D eigenvalue weighted by Crippen LogP contribution is -2.54. The number of nitrogens with zero attached hydrogens (tertiary/aromatic N) is 2. The average molecular weight is 441 g/mol. The smallest absolute Gasteiger partial charge is 0.326 e. The molecule has 0 saturated carbocycles. The SMILES string of the molecule is NC(N)=NCCCC(C(=O)O)N(C(=O)c1ccccc1)C(=O)C(N)Cc1ccc(O)cc1. The highest BCUT2D eigenvalue weighted by Gasteiger charge is 2.37. The van der Waals surface area contributed by atoms with Crippen LogP contribution in [-0.2, 0) is 16.0 Å². The van der Waals surface area contributed by atoms with Crippen molar-refractivity contribution < 1.29 is 24.6 Å². The molecule has 0 aliphatic rings. The van der Waals surface area contributed by atoms with E-state index in [0.29, 0.717) is 10.5 Å². The van der Waals surface area contributed by atoms with Gasteiger partial charge in [-0.2, -0.15) is 0 Å². The molecular weight excluding hydrogens is 414 g/mol. The zero-order valence-electron chi connectivity index (χ0n) is 17.4. The number of phenolic OH excluding ortho intramolecular Hbond substituents is 1. The van der Waals surface area contributed by atoms with Crippen LogP contribution in [0.1, 0.15) is 28.8 Å². The fourth-order valence-corrected chi connectivity index (χ4v) is 3.12. The molecule has 2 atom stereocenters. The first-order valence-electron chi connectivity index (χ1n) is 9.94. The third-order valence-electron chi connectivity index (χ3n) is 4.71. The number of carboxylic acids is 1. The Bertz CT molecular complexity index is 958. The minimum Gasteiger partial charge on any atom is -0.508 e. The lowest BCUT2D eigenvalue weighted by Gasteiger charge is -2.29. The van der Waals surface area contributed by atoms with E-state index in [1.54, 1.807) is 30.3 Å². The topological polar surface area (TPSA) is 185 Å². The van der Waals surface area contributed by atoms with Crippen LogP contribution in [0.2, 0.25) is 0 Å². The van der Waals surface area contributed by atoms with Crippen molar-refractivity contribution >= 4 is 23.7 Å². The number of carbonyl (C=O) groups excluding carboxylic acids is 2. The molecule has 2 rings (SSSR count). The molecule has 10 nitrogen and oxygen atoms in total. The number of aromatic hydroxyl groups is 1. The average Bonchev–Trinajstić information content (AvgIpc) is 2.77. The monoisotopic (exact) mass is 441 g/mol. The number of carbonyl (C=O) groups is 3. The summed E-state index contributed by atoms with van der Waals surface area (Å²) in [7, 11) is 0. The summed E-state index contributed by atoms with van der Waals surface area (Å²) in [6.45, 7) is 0.146. The Balaban J connectivity index is 2.31. The van der Waals surface area contributed by atoms with Crippen molar-refractivity contribution in [3.05, 3.63) is 65.7 Å². The molecule has 2 aromatic rings. The highest BCUT2D eigenvalue weighted by molar-refractivity contribution is 6.08. The largest absolute Gasteiger partial charge is 0.508 e. The van der Waals surface area contributed by atoms with Crippen LogP contribution in [0.4, 0.5) is 0 Å². The number of carboxylic acid groups (broad SMARTS) is 1. The van der Waals surface area contributed by atoms with E-state index in [-0.39, 0.29) is 43.1 Å². The third-order valence-corrected chi connectivity index (χ3v) is 4.71. The van der Waals surface area contributed by atoms with E-state index >= 15 is 0 Å². The zero-order valence-corrected chi connectivity index (χ0v) is 17.4. The van der Waals surface area contributed by atoms with Crippen LogP contribution in [0.15, 0.2) is 59.6 Å². The Kier molecular flexibility index (Phi) is 8.72. The molecule has 0 aromatic heterocycles. The van der Waals surface area contributed by atoms with Crippen LogP contribution in [-0.4, -0.2) is 57.5 Å². The second-order valence-electron chi connectivity index (χ2n) is 7.16. The van der Waals surface area contributed by atoms with Crippen molar-refractivity contribution in [2.24, 2.45) is 22.2 Å². The van der Waals surface area contributed by atoms with Gasteiger partial charge in [0.05, 0.1) is 6.04 Å². The number of aliphatic carboxylic acids is 1. The second-order valence-corrected chi connectivity index (χ2v) is 7.16. The number of nitrogens with two attached hydrogens (primary N) is 3. The lowest BCUT2D eigenvalue weighted by molar-refractivity contribution is -0.148. The van der Waals surface area contributed by atoms with Crippen LogP contribution >= 0.6 is 0 Å². The van der Waals surface area contributed by atoms with E-state index < -0.39 is 29.9 Å². The Morgan fingerprint density at radius 3 is 2.19 bits per heavy atom. The van der Waals surface area contributed by atoms with E-state index in [1.807, 2.05) is 0 Å². The third kappa shape index (κ3) is 6.81. The number of hydrogen-bond acceptors (Lipinski definition) is 6. The van der Waals surface area contributed by atoms with Crippen LogP contribution in [0.3, 0.4) is 0 Å². The maximum absolute atomic E-state index is 13.2. The normalized spacial score (nSPS) is 12.4. The zero-order chi connectivity index (χ0) is 23.7. The van der Waals surface area contributed by atoms with Gasteiger partial charge in [-0.1, -0.05) is 30.3 Å². The number of imide groups is 1. The number of amides is 2. The van der Waals surface area contributed by atoms with Gasteiger partial charge in [0.2, 0.25) is 5.91 Å². The highest BCUT2D eigenvalue weighted by atomic mass is 16.4. The van der Waals surface area contributed by atoms with Crippen molar-refractivity contribution in [1.29, 1.82) is 0 Å². The molecule has 2 amide bonds. The molecule has 10 heteroatoms. The van der Waals surface area contributed by atoms with Crippen molar-refractivity contribution in [2.45, 2.75) is 31.3 Å². The van der Waals surface area contributed by atoms with Gasteiger partial charge in [-0.15, -0.1) is 0 Å². The lowest BCUT2D eigenvalue weighted by atomic mass is 10.0. The van der Waals surface area contributed by atoms with Gasteiger partial charge in [0.15, 0.2) is 5.96 Å². The fourth-order valence-electron chi connectivity index (χ4n) is 3.12. The van der Waals surface area contributed by atoms with Gasteiger partial charge in [-0.05, 0) is 49.1 Å². The van der Waals surface area contributed by atoms with Gasteiger partial charge < -0.3 is 27.4 Å². The van der Waals surface area contributed by atoms with Gasteiger partial charge in [0.25, 0.3) is 5.91 Å². The maximum Gasteiger partial charge on any atom is 0.326 e. The van der Waals surface area contributed by atoms with E-state index in [9.17, 15) is 24.6 Å². The minimum absolute atomic E-state index is 0.0532. The van der Waals surface area contributed by atoms with Crippen LogP contribution < -0.4 is 17.2 Å². The second kappa shape index (κ2) is 11.5. The standard InChI is InChI=1S/C22H27N5O5/c23-17(13-14-8-10-16(28)11-9-14)20(30)27(19(29)15-5-2-1-3-6-15)18(21(31)32)7-4-12-26-22(24)25/h1-3,5-6,8-11,17-18,28H,4,7,12-13,23H2,(H,31,32)(H4,24,25,26). The van der Waals surface area contributed by atoms with Crippen molar-refractivity contribution in [3.8, 4) is 5.75 Å². The molecule has 0 aliphatic heterocycles. The molecule has 2 unspecified atom stereocenters. The van der Waals surface area contributed by atoms with Crippen LogP contribution in [0.5, 0.6) is 5.75 Å². The van der Waals surface area contributed by atoms with E-state index in [1.165, 1.54) is 24.3 Å². The summed E-state index contributed by atoms with van der Waals surface area (Å²) in [5.41, 5.74) is 17.5. The maximum atomic E-state index is 13.2. The Hall–Kier alpha value is -3.92. The number of benzene rings is 2.